The van der Waals surface area contributed by atoms with Gasteiger partial charge in [-0.2, -0.15) is 5.10 Å². The van der Waals surface area contributed by atoms with Crippen molar-refractivity contribution in [3.63, 3.8) is 0 Å². The van der Waals surface area contributed by atoms with E-state index in [0.29, 0.717) is 11.4 Å². The Kier molecular flexibility index (Phi) is 5.00. The number of amides is 2. The zero-order valence-corrected chi connectivity index (χ0v) is 13.4. The molecule has 124 valence electrons. The second kappa shape index (κ2) is 6.78. The summed E-state index contributed by atoms with van der Waals surface area (Å²) in [5.74, 6) is 0.191. The lowest BCUT2D eigenvalue weighted by atomic mass is 9.96. The monoisotopic (exact) mass is 320 g/mol. The number of nitrogens with one attached hydrogen (secondary N) is 2. The Balaban J connectivity index is 1.95. The standard InChI is InChI=1S/C16H21FN4O2/c1-11(2)21-14(8-9-19-21)20-15(22)18-10-16(3,23)12-4-6-13(17)7-5-12/h4-9,11,23H,10H2,1-3H3,(H2,18,20,22). The van der Waals surface area contributed by atoms with Gasteiger partial charge in [-0.05, 0) is 38.5 Å². The highest BCUT2D eigenvalue weighted by Crippen LogP contribution is 2.20. The van der Waals surface area contributed by atoms with Crippen molar-refractivity contribution in [1.82, 2.24) is 15.1 Å². The van der Waals surface area contributed by atoms with E-state index < -0.39 is 11.6 Å². The molecule has 3 N–H and O–H groups in total. The van der Waals surface area contributed by atoms with Crippen LogP contribution in [0, 0.1) is 5.82 Å². The number of hydrogen-bond acceptors (Lipinski definition) is 3. The summed E-state index contributed by atoms with van der Waals surface area (Å²) in [6.45, 7) is 5.45. The van der Waals surface area contributed by atoms with Crippen LogP contribution >= 0.6 is 0 Å². The number of aliphatic hydroxyl groups is 1. The molecule has 0 saturated carbocycles. The van der Waals surface area contributed by atoms with Gasteiger partial charge in [-0.3, -0.25) is 5.32 Å². The number of rotatable bonds is 5. The normalized spacial score (nSPS) is 13.7. The molecule has 0 aliphatic heterocycles. The van der Waals surface area contributed by atoms with E-state index in [1.165, 1.54) is 24.3 Å². The second-order valence-corrected chi connectivity index (χ2v) is 5.84. The van der Waals surface area contributed by atoms with Gasteiger partial charge in [0, 0.05) is 12.1 Å². The SMILES string of the molecule is CC(C)n1nccc1NC(=O)NCC(C)(O)c1ccc(F)cc1. The third kappa shape index (κ3) is 4.29. The van der Waals surface area contributed by atoms with Crippen LogP contribution in [0.1, 0.15) is 32.4 Å². The van der Waals surface area contributed by atoms with E-state index in [9.17, 15) is 14.3 Å². The molecule has 1 aromatic heterocycles. The van der Waals surface area contributed by atoms with Crippen LogP contribution in [0.5, 0.6) is 0 Å². The number of carbonyl (C=O) groups is 1. The van der Waals surface area contributed by atoms with Crippen molar-refractivity contribution >= 4 is 11.8 Å². The lowest BCUT2D eigenvalue weighted by molar-refractivity contribution is 0.0599. The average Bonchev–Trinajstić information content (AvgIpc) is 2.94. The molecule has 0 aliphatic carbocycles. The molecule has 0 fully saturated rings. The molecular weight excluding hydrogens is 299 g/mol. The largest absolute Gasteiger partial charge is 0.384 e. The van der Waals surface area contributed by atoms with Crippen LogP contribution in [0.3, 0.4) is 0 Å². The molecular formula is C16H21FN4O2. The molecule has 6 nitrogen and oxygen atoms in total. The third-order valence-electron chi connectivity index (χ3n) is 3.46. The van der Waals surface area contributed by atoms with Crippen molar-refractivity contribution in [3.05, 3.63) is 47.9 Å². The first kappa shape index (κ1) is 17.0. The maximum absolute atomic E-state index is 12.9. The molecule has 1 atom stereocenters. The van der Waals surface area contributed by atoms with E-state index in [4.69, 9.17) is 0 Å². The summed E-state index contributed by atoms with van der Waals surface area (Å²) < 4.78 is 14.6. The predicted octanol–water partition coefficient (Wildman–Crippen LogP) is 2.63. The maximum Gasteiger partial charge on any atom is 0.320 e. The van der Waals surface area contributed by atoms with Gasteiger partial charge in [0.15, 0.2) is 0 Å². The molecule has 2 amide bonds. The Hall–Kier alpha value is -2.41. The van der Waals surface area contributed by atoms with Gasteiger partial charge in [0.1, 0.15) is 17.2 Å². The Morgan fingerprint density at radius 2 is 2.00 bits per heavy atom. The number of anilines is 1. The summed E-state index contributed by atoms with van der Waals surface area (Å²) >= 11 is 0. The summed E-state index contributed by atoms with van der Waals surface area (Å²) in [4.78, 5) is 12.0. The maximum atomic E-state index is 12.9. The number of aromatic nitrogens is 2. The van der Waals surface area contributed by atoms with E-state index in [1.54, 1.807) is 23.9 Å². The fourth-order valence-electron chi connectivity index (χ4n) is 2.15. The molecule has 1 aromatic carbocycles. The quantitative estimate of drug-likeness (QED) is 0.792. The van der Waals surface area contributed by atoms with Gasteiger partial charge in [0.25, 0.3) is 0 Å². The molecule has 0 bridgehead atoms. The third-order valence-corrected chi connectivity index (χ3v) is 3.46. The topological polar surface area (TPSA) is 79.2 Å². The molecule has 0 saturated heterocycles. The summed E-state index contributed by atoms with van der Waals surface area (Å²) in [6, 6.07) is 6.87. The van der Waals surface area contributed by atoms with Crippen LogP contribution < -0.4 is 10.6 Å². The number of carbonyl (C=O) groups excluding carboxylic acids is 1. The molecule has 0 aliphatic rings. The number of nitrogens with zero attached hydrogens (tertiary/aromatic N) is 2. The van der Waals surface area contributed by atoms with Crippen LogP contribution in [0.2, 0.25) is 0 Å². The first-order valence-electron chi connectivity index (χ1n) is 7.36. The minimum Gasteiger partial charge on any atom is -0.384 e. The minimum absolute atomic E-state index is 0.0136. The minimum atomic E-state index is -1.30. The number of urea groups is 1. The number of benzene rings is 1. The van der Waals surface area contributed by atoms with Crippen molar-refractivity contribution in [3.8, 4) is 0 Å². The predicted molar refractivity (Wildman–Crippen MR) is 85.6 cm³/mol. The molecule has 7 heteroatoms. The van der Waals surface area contributed by atoms with Gasteiger partial charge in [0.2, 0.25) is 0 Å². The molecule has 1 unspecified atom stereocenters. The first-order valence-corrected chi connectivity index (χ1v) is 7.36. The lowest BCUT2D eigenvalue weighted by Gasteiger charge is -2.24. The van der Waals surface area contributed by atoms with Crippen molar-refractivity contribution in [2.24, 2.45) is 0 Å². The Morgan fingerprint density at radius 1 is 1.35 bits per heavy atom. The second-order valence-electron chi connectivity index (χ2n) is 5.84. The van der Waals surface area contributed by atoms with Gasteiger partial charge in [-0.1, -0.05) is 12.1 Å². The fraction of sp³-hybridized carbons (Fsp3) is 0.375. The Bertz CT molecular complexity index is 665. The highest BCUT2D eigenvalue weighted by molar-refractivity contribution is 5.88. The van der Waals surface area contributed by atoms with Crippen molar-refractivity contribution < 1.29 is 14.3 Å². The summed E-state index contributed by atoms with van der Waals surface area (Å²) in [5, 5.41) is 19.8. The highest BCUT2D eigenvalue weighted by atomic mass is 19.1. The Morgan fingerprint density at radius 3 is 2.61 bits per heavy atom. The van der Waals surface area contributed by atoms with Crippen molar-refractivity contribution in [1.29, 1.82) is 0 Å². The van der Waals surface area contributed by atoms with Crippen LogP contribution in [0.25, 0.3) is 0 Å². The molecule has 2 aromatic rings. The van der Waals surface area contributed by atoms with Crippen molar-refractivity contribution in [2.75, 3.05) is 11.9 Å². The van der Waals surface area contributed by atoms with Crippen molar-refractivity contribution in [2.45, 2.75) is 32.4 Å². The van der Waals surface area contributed by atoms with Gasteiger partial charge < -0.3 is 10.4 Å². The zero-order chi connectivity index (χ0) is 17.0. The van der Waals surface area contributed by atoms with Crippen LogP contribution in [0.4, 0.5) is 15.0 Å². The molecule has 0 spiro atoms. The van der Waals surface area contributed by atoms with Crippen LogP contribution in [-0.4, -0.2) is 27.5 Å². The lowest BCUT2D eigenvalue weighted by Crippen LogP contribution is -2.40. The summed E-state index contributed by atoms with van der Waals surface area (Å²) in [7, 11) is 0. The molecule has 1 heterocycles. The fourth-order valence-corrected chi connectivity index (χ4v) is 2.15. The van der Waals surface area contributed by atoms with Gasteiger partial charge in [-0.15, -0.1) is 0 Å². The zero-order valence-electron chi connectivity index (χ0n) is 13.4. The number of halogens is 1. The van der Waals surface area contributed by atoms with E-state index in [0.717, 1.165) is 0 Å². The van der Waals surface area contributed by atoms with Gasteiger partial charge >= 0.3 is 6.03 Å². The van der Waals surface area contributed by atoms with E-state index in [1.807, 2.05) is 13.8 Å². The summed E-state index contributed by atoms with van der Waals surface area (Å²) in [6.07, 6.45) is 1.60. The molecule has 2 rings (SSSR count). The summed E-state index contributed by atoms with van der Waals surface area (Å²) in [5.41, 5.74) is -0.782. The van der Waals surface area contributed by atoms with Gasteiger partial charge in [0.05, 0.1) is 12.7 Å². The first-order chi connectivity index (χ1) is 10.8. The van der Waals surface area contributed by atoms with Crippen LogP contribution in [-0.2, 0) is 5.60 Å². The molecule has 23 heavy (non-hydrogen) atoms. The van der Waals surface area contributed by atoms with E-state index >= 15 is 0 Å². The van der Waals surface area contributed by atoms with Gasteiger partial charge in [-0.25, -0.2) is 13.9 Å². The smallest absolute Gasteiger partial charge is 0.320 e. The van der Waals surface area contributed by atoms with E-state index in [2.05, 4.69) is 15.7 Å². The highest BCUT2D eigenvalue weighted by Gasteiger charge is 2.24. The number of hydrogen-bond donors (Lipinski definition) is 3. The Labute approximate surface area is 134 Å². The average molecular weight is 320 g/mol. The van der Waals surface area contributed by atoms with E-state index in [-0.39, 0.29) is 18.4 Å². The van der Waals surface area contributed by atoms with Crippen LogP contribution in [0.15, 0.2) is 36.5 Å². The molecule has 0 radical (unpaired) electrons.